The van der Waals surface area contributed by atoms with Gasteiger partial charge in [-0.3, -0.25) is 4.79 Å². The number of rotatable bonds is 8. The number of aromatic nitrogens is 3. The molecule has 0 unspecified atom stereocenters. The van der Waals surface area contributed by atoms with Gasteiger partial charge in [-0.1, -0.05) is 42.1 Å². The molecule has 8 nitrogen and oxygen atoms in total. The zero-order valence-corrected chi connectivity index (χ0v) is 13.9. The van der Waals surface area contributed by atoms with Gasteiger partial charge in [0.2, 0.25) is 11.1 Å². The van der Waals surface area contributed by atoms with Crippen molar-refractivity contribution < 1.29 is 13.9 Å². The molecule has 128 valence electrons. The van der Waals surface area contributed by atoms with Crippen LogP contribution in [0.3, 0.4) is 0 Å². The summed E-state index contributed by atoms with van der Waals surface area (Å²) in [5, 5.41) is 11.0. The molecule has 9 heteroatoms. The highest BCUT2D eigenvalue weighted by molar-refractivity contribution is 7.99. The molecule has 0 atom stereocenters. The summed E-state index contributed by atoms with van der Waals surface area (Å²) in [7, 11) is 0. The fraction of sp³-hybridized carbons (Fsp3) is 0.125. The van der Waals surface area contributed by atoms with Gasteiger partial charge in [-0.2, -0.15) is 10.1 Å². The molecule has 2 aromatic heterocycles. The first-order valence-electron chi connectivity index (χ1n) is 7.37. The minimum Gasteiger partial charge on any atom is -0.463 e. The van der Waals surface area contributed by atoms with Crippen molar-refractivity contribution in [2.24, 2.45) is 5.10 Å². The largest absolute Gasteiger partial charge is 0.463 e. The number of carbonyl (C=O) groups excluding carboxylic acids is 1. The number of hydrogen-bond acceptors (Lipinski definition) is 8. The van der Waals surface area contributed by atoms with E-state index in [-0.39, 0.29) is 18.3 Å². The van der Waals surface area contributed by atoms with Crippen LogP contribution in [0.2, 0.25) is 0 Å². The van der Waals surface area contributed by atoms with E-state index < -0.39 is 0 Å². The number of carbonyl (C=O) groups is 1. The zero-order chi connectivity index (χ0) is 17.3. The number of nitrogens with one attached hydrogen (secondary N) is 2. The first kappa shape index (κ1) is 16.8. The number of anilines is 1. The van der Waals surface area contributed by atoms with E-state index in [2.05, 4.69) is 25.7 Å². The summed E-state index contributed by atoms with van der Waals surface area (Å²) < 4.78 is 10.3. The quantitative estimate of drug-likeness (QED) is 0.276. The first-order chi connectivity index (χ1) is 12.3. The molecule has 2 heterocycles. The van der Waals surface area contributed by atoms with E-state index in [0.29, 0.717) is 16.9 Å². The van der Waals surface area contributed by atoms with E-state index in [9.17, 15) is 4.79 Å². The Bertz CT molecular complexity index is 817. The smallest absolute Gasteiger partial charge is 0.316 e. The Morgan fingerprint density at radius 2 is 2.20 bits per heavy atom. The monoisotopic (exact) mass is 357 g/mol. The van der Waals surface area contributed by atoms with Gasteiger partial charge in [0, 0.05) is 0 Å². The Labute approximate surface area is 147 Å². The Hall–Kier alpha value is -3.07. The number of H-pyrrole nitrogens is 1. The first-order valence-corrected chi connectivity index (χ1v) is 8.35. The molecule has 3 aromatic rings. The fourth-order valence-corrected chi connectivity index (χ4v) is 2.38. The molecule has 0 radical (unpaired) electrons. The van der Waals surface area contributed by atoms with Gasteiger partial charge in [-0.15, -0.1) is 5.10 Å². The molecule has 1 aromatic carbocycles. The number of furan rings is 1. The van der Waals surface area contributed by atoms with Crippen molar-refractivity contribution in [1.82, 2.24) is 15.2 Å². The lowest BCUT2D eigenvalue weighted by molar-refractivity contribution is -0.141. The summed E-state index contributed by atoms with van der Waals surface area (Å²) in [6.07, 6.45) is 3.07. The minimum atomic E-state index is -0.330. The average Bonchev–Trinajstić information content (AvgIpc) is 3.31. The van der Waals surface area contributed by atoms with E-state index >= 15 is 0 Å². The second-order valence-electron chi connectivity index (χ2n) is 4.79. The van der Waals surface area contributed by atoms with Gasteiger partial charge in [-0.25, -0.2) is 10.5 Å². The molecule has 0 aliphatic rings. The molecule has 0 saturated heterocycles. The number of hydrogen-bond donors (Lipinski definition) is 2. The number of hydrazone groups is 1. The third kappa shape index (κ3) is 5.50. The predicted octanol–water partition coefficient (Wildman–Crippen LogP) is 2.68. The Balaban J connectivity index is 1.40. The van der Waals surface area contributed by atoms with Crippen molar-refractivity contribution in [1.29, 1.82) is 0 Å². The summed E-state index contributed by atoms with van der Waals surface area (Å²) in [6.45, 7) is 0.253. The van der Waals surface area contributed by atoms with Crippen molar-refractivity contribution in [3.05, 3.63) is 60.1 Å². The van der Waals surface area contributed by atoms with E-state index in [1.54, 1.807) is 18.4 Å². The van der Waals surface area contributed by atoms with Crippen LogP contribution in [0.5, 0.6) is 0 Å². The SMILES string of the molecule is O=C(CSc1n[nH]c(N/N=C\c2ccco2)n1)OCc1ccccc1. The molecule has 3 rings (SSSR count). The van der Waals surface area contributed by atoms with Crippen molar-refractivity contribution in [3.8, 4) is 0 Å². The van der Waals surface area contributed by atoms with Gasteiger partial charge < -0.3 is 9.15 Å². The van der Waals surface area contributed by atoms with Crippen LogP contribution in [0, 0.1) is 0 Å². The second kappa shape index (κ2) is 8.69. The Morgan fingerprint density at radius 1 is 1.32 bits per heavy atom. The highest BCUT2D eigenvalue weighted by Crippen LogP contribution is 2.14. The molecule has 25 heavy (non-hydrogen) atoms. The van der Waals surface area contributed by atoms with Gasteiger partial charge in [0.25, 0.3) is 0 Å². The molecule has 0 fully saturated rings. The average molecular weight is 357 g/mol. The second-order valence-corrected chi connectivity index (χ2v) is 5.73. The van der Waals surface area contributed by atoms with Gasteiger partial charge in [-0.05, 0) is 17.7 Å². The molecule has 0 amide bonds. The maximum Gasteiger partial charge on any atom is 0.316 e. The lowest BCUT2D eigenvalue weighted by Gasteiger charge is -2.03. The lowest BCUT2D eigenvalue weighted by Crippen LogP contribution is -2.07. The van der Waals surface area contributed by atoms with Crippen LogP contribution in [0.15, 0.2) is 63.4 Å². The van der Waals surface area contributed by atoms with Crippen molar-refractivity contribution in [2.75, 3.05) is 11.2 Å². The standard InChI is InChI=1S/C16H15N5O3S/c22-14(24-10-12-5-2-1-3-6-12)11-25-16-18-15(20-21-16)19-17-9-13-7-4-8-23-13/h1-9H,10-11H2,(H2,18,19,20,21)/b17-9-. The molecular weight excluding hydrogens is 342 g/mol. The molecule has 2 N–H and O–H groups in total. The maximum absolute atomic E-state index is 11.7. The molecule has 0 spiro atoms. The van der Waals surface area contributed by atoms with Crippen LogP contribution in [0.25, 0.3) is 0 Å². The molecular formula is C16H15N5O3S. The number of nitrogens with zero attached hydrogens (tertiary/aromatic N) is 3. The topological polar surface area (TPSA) is 105 Å². The minimum absolute atomic E-state index is 0.125. The van der Waals surface area contributed by atoms with E-state index in [1.165, 1.54) is 18.0 Å². The number of benzene rings is 1. The molecule has 0 aliphatic heterocycles. The predicted molar refractivity (Wildman–Crippen MR) is 93.3 cm³/mol. The van der Waals surface area contributed by atoms with E-state index in [1.807, 2.05) is 30.3 Å². The normalized spacial score (nSPS) is 10.9. The van der Waals surface area contributed by atoms with Gasteiger partial charge in [0.15, 0.2) is 0 Å². The fourth-order valence-electron chi connectivity index (χ4n) is 1.79. The van der Waals surface area contributed by atoms with Crippen molar-refractivity contribution in [3.63, 3.8) is 0 Å². The molecule has 0 aliphatic carbocycles. The number of aromatic amines is 1. The Morgan fingerprint density at radius 3 is 3.00 bits per heavy atom. The highest BCUT2D eigenvalue weighted by Gasteiger charge is 2.08. The van der Waals surface area contributed by atoms with Crippen LogP contribution in [0.1, 0.15) is 11.3 Å². The van der Waals surface area contributed by atoms with Crippen LogP contribution in [0.4, 0.5) is 5.95 Å². The molecule has 0 bridgehead atoms. The number of ether oxygens (including phenoxy) is 1. The van der Waals surface area contributed by atoms with E-state index in [4.69, 9.17) is 9.15 Å². The van der Waals surface area contributed by atoms with Gasteiger partial charge in [0.1, 0.15) is 12.4 Å². The Kier molecular flexibility index (Phi) is 5.83. The maximum atomic E-state index is 11.7. The third-order valence-electron chi connectivity index (χ3n) is 2.93. The highest BCUT2D eigenvalue weighted by atomic mass is 32.2. The zero-order valence-electron chi connectivity index (χ0n) is 13.1. The summed E-state index contributed by atoms with van der Waals surface area (Å²) >= 11 is 1.18. The van der Waals surface area contributed by atoms with Crippen LogP contribution >= 0.6 is 11.8 Å². The number of esters is 1. The third-order valence-corrected chi connectivity index (χ3v) is 3.75. The van der Waals surface area contributed by atoms with Crippen LogP contribution in [-0.2, 0) is 16.1 Å². The summed E-state index contributed by atoms with van der Waals surface area (Å²) in [5.74, 6) is 0.773. The summed E-state index contributed by atoms with van der Waals surface area (Å²) in [4.78, 5) is 15.9. The summed E-state index contributed by atoms with van der Waals surface area (Å²) in [6, 6.07) is 13.0. The van der Waals surface area contributed by atoms with Crippen LogP contribution in [-0.4, -0.2) is 33.1 Å². The van der Waals surface area contributed by atoms with Crippen LogP contribution < -0.4 is 5.43 Å². The number of thioether (sulfide) groups is 1. The van der Waals surface area contributed by atoms with Crippen molar-refractivity contribution >= 4 is 29.9 Å². The van der Waals surface area contributed by atoms with Gasteiger partial charge >= 0.3 is 5.97 Å². The molecule has 0 saturated carbocycles. The van der Waals surface area contributed by atoms with E-state index in [0.717, 1.165) is 5.56 Å². The van der Waals surface area contributed by atoms with Crippen molar-refractivity contribution in [2.45, 2.75) is 11.8 Å². The van der Waals surface area contributed by atoms with Gasteiger partial charge in [0.05, 0.1) is 18.2 Å². The summed E-state index contributed by atoms with van der Waals surface area (Å²) in [5.41, 5.74) is 3.63. The lowest BCUT2D eigenvalue weighted by atomic mass is 10.2.